The first-order valence-corrected chi connectivity index (χ1v) is 8.15. The van der Waals surface area contributed by atoms with E-state index in [1.54, 1.807) is 36.4 Å². The van der Waals surface area contributed by atoms with Crippen molar-refractivity contribution in [2.24, 2.45) is 5.41 Å². The molecule has 5 heteroatoms. The van der Waals surface area contributed by atoms with Gasteiger partial charge in [-0.15, -0.1) is 0 Å². The number of carboxylic acids is 1. The Bertz CT molecular complexity index is 835. The van der Waals surface area contributed by atoms with Crippen molar-refractivity contribution in [2.75, 3.05) is 6.54 Å². The van der Waals surface area contributed by atoms with Gasteiger partial charge in [-0.1, -0.05) is 48.0 Å². The molecule has 0 bridgehead atoms. The molecule has 0 atom stereocenters. The predicted molar refractivity (Wildman–Crippen MR) is 92.7 cm³/mol. The molecular formula is C20H19NO4. The van der Waals surface area contributed by atoms with Crippen LogP contribution >= 0.6 is 0 Å². The summed E-state index contributed by atoms with van der Waals surface area (Å²) in [5.41, 5.74) is 1.28. The maximum atomic E-state index is 12.7. The molecule has 0 radical (unpaired) electrons. The molecule has 1 saturated carbocycles. The van der Waals surface area contributed by atoms with Crippen LogP contribution in [0.4, 0.5) is 0 Å². The predicted octanol–water partition coefficient (Wildman–Crippen LogP) is 2.82. The second kappa shape index (κ2) is 6.51. The third-order valence-electron chi connectivity index (χ3n) is 4.62. The van der Waals surface area contributed by atoms with Gasteiger partial charge in [0.2, 0.25) is 0 Å². The molecule has 1 fully saturated rings. The molecule has 0 unspecified atom stereocenters. The van der Waals surface area contributed by atoms with Crippen molar-refractivity contribution in [1.82, 2.24) is 5.32 Å². The number of amides is 1. The van der Waals surface area contributed by atoms with E-state index in [0.29, 0.717) is 24.0 Å². The van der Waals surface area contributed by atoms with Gasteiger partial charge in [-0.2, -0.15) is 0 Å². The molecule has 0 aromatic heterocycles. The topological polar surface area (TPSA) is 83.5 Å². The molecular weight excluding hydrogens is 318 g/mol. The van der Waals surface area contributed by atoms with Crippen LogP contribution in [0.1, 0.15) is 44.7 Å². The number of benzene rings is 2. The summed E-state index contributed by atoms with van der Waals surface area (Å²) < 4.78 is 0. The van der Waals surface area contributed by atoms with E-state index in [9.17, 15) is 19.5 Å². The first-order chi connectivity index (χ1) is 11.9. The molecule has 25 heavy (non-hydrogen) atoms. The largest absolute Gasteiger partial charge is 0.481 e. The third kappa shape index (κ3) is 3.45. The first-order valence-electron chi connectivity index (χ1n) is 8.15. The number of carbonyl (C=O) groups excluding carboxylic acids is 2. The van der Waals surface area contributed by atoms with Crippen molar-refractivity contribution in [2.45, 2.75) is 19.8 Å². The second-order valence-corrected chi connectivity index (χ2v) is 6.51. The van der Waals surface area contributed by atoms with Gasteiger partial charge in [-0.05, 0) is 25.8 Å². The van der Waals surface area contributed by atoms with Gasteiger partial charge in [-0.25, -0.2) is 0 Å². The smallest absolute Gasteiger partial charge is 0.311 e. The van der Waals surface area contributed by atoms with Crippen molar-refractivity contribution in [3.05, 3.63) is 70.8 Å². The number of rotatable bonds is 6. The molecule has 2 aromatic carbocycles. The van der Waals surface area contributed by atoms with Gasteiger partial charge in [0, 0.05) is 17.7 Å². The van der Waals surface area contributed by atoms with E-state index in [1.165, 1.54) is 0 Å². The Morgan fingerprint density at radius 2 is 1.60 bits per heavy atom. The molecule has 0 saturated heterocycles. The molecule has 3 rings (SSSR count). The molecule has 128 valence electrons. The molecule has 0 aliphatic heterocycles. The summed E-state index contributed by atoms with van der Waals surface area (Å²) in [4.78, 5) is 36.4. The van der Waals surface area contributed by atoms with Gasteiger partial charge in [0.15, 0.2) is 5.78 Å². The van der Waals surface area contributed by atoms with Crippen LogP contribution in [0.25, 0.3) is 0 Å². The van der Waals surface area contributed by atoms with Crippen LogP contribution in [0.3, 0.4) is 0 Å². The third-order valence-corrected chi connectivity index (χ3v) is 4.62. The van der Waals surface area contributed by atoms with Gasteiger partial charge in [0.25, 0.3) is 5.91 Å². The zero-order valence-corrected chi connectivity index (χ0v) is 13.9. The fourth-order valence-electron chi connectivity index (χ4n) is 2.70. The van der Waals surface area contributed by atoms with Crippen LogP contribution in [0.5, 0.6) is 0 Å². The van der Waals surface area contributed by atoms with Gasteiger partial charge >= 0.3 is 5.97 Å². The summed E-state index contributed by atoms with van der Waals surface area (Å²) in [5.74, 6) is -1.55. The van der Waals surface area contributed by atoms with E-state index in [-0.39, 0.29) is 17.9 Å². The minimum atomic E-state index is -0.892. The van der Waals surface area contributed by atoms with Gasteiger partial charge < -0.3 is 10.4 Å². The Labute approximate surface area is 145 Å². The normalized spacial score (nSPS) is 14.6. The summed E-state index contributed by atoms with van der Waals surface area (Å²) in [6, 6.07) is 13.7. The maximum absolute atomic E-state index is 12.7. The van der Waals surface area contributed by atoms with Crippen LogP contribution in [0, 0.1) is 12.3 Å². The Morgan fingerprint density at radius 3 is 2.16 bits per heavy atom. The first kappa shape index (κ1) is 16.9. The van der Waals surface area contributed by atoms with E-state index in [1.807, 2.05) is 19.1 Å². The van der Waals surface area contributed by atoms with Crippen LogP contribution in [0.2, 0.25) is 0 Å². The lowest BCUT2D eigenvalue weighted by molar-refractivity contribution is -0.143. The summed E-state index contributed by atoms with van der Waals surface area (Å²) in [6.45, 7) is 2.01. The zero-order chi connectivity index (χ0) is 18.0. The van der Waals surface area contributed by atoms with Crippen LogP contribution < -0.4 is 5.32 Å². The minimum Gasteiger partial charge on any atom is -0.481 e. The number of carbonyl (C=O) groups is 3. The molecule has 2 aromatic rings. The molecule has 2 N–H and O–H groups in total. The number of carboxylic acid groups (broad SMARTS) is 1. The molecule has 5 nitrogen and oxygen atoms in total. The number of aliphatic carboxylic acids is 1. The fourth-order valence-corrected chi connectivity index (χ4v) is 2.70. The van der Waals surface area contributed by atoms with Gasteiger partial charge in [0.05, 0.1) is 11.0 Å². The molecule has 1 aliphatic rings. The summed E-state index contributed by atoms with van der Waals surface area (Å²) in [7, 11) is 0. The summed E-state index contributed by atoms with van der Waals surface area (Å²) in [6.07, 6.45) is 1.12. The van der Waals surface area contributed by atoms with E-state index in [2.05, 4.69) is 5.32 Å². The maximum Gasteiger partial charge on any atom is 0.311 e. The number of hydrogen-bond acceptors (Lipinski definition) is 3. The monoisotopic (exact) mass is 337 g/mol. The lowest BCUT2D eigenvalue weighted by Gasteiger charge is -2.13. The molecule has 1 aliphatic carbocycles. The van der Waals surface area contributed by atoms with E-state index in [0.717, 1.165) is 5.56 Å². The van der Waals surface area contributed by atoms with Crippen molar-refractivity contribution < 1.29 is 19.5 Å². The average molecular weight is 337 g/mol. The highest BCUT2D eigenvalue weighted by Gasteiger charge is 2.50. The van der Waals surface area contributed by atoms with Crippen molar-refractivity contribution in [3.8, 4) is 0 Å². The number of ketones is 1. The lowest BCUT2D eigenvalue weighted by Crippen LogP contribution is -2.34. The molecule has 0 heterocycles. The van der Waals surface area contributed by atoms with Crippen LogP contribution in [-0.4, -0.2) is 29.3 Å². The Hall–Kier alpha value is -2.95. The fraction of sp³-hybridized carbons (Fsp3) is 0.250. The Morgan fingerprint density at radius 1 is 1.00 bits per heavy atom. The number of nitrogens with one attached hydrogen (secondary N) is 1. The van der Waals surface area contributed by atoms with Crippen molar-refractivity contribution in [3.63, 3.8) is 0 Å². The Balaban J connectivity index is 1.80. The lowest BCUT2D eigenvalue weighted by atomic mass is 9.97. The summed E-state index contributed by atoms with van der Waals surface area (Å²) >= 11 is 0. The quantitative estimate of drug-likeness (QED) is 0.794. The Kier molecular flexibility index (Phi) is 4.40. The summed E-state index contributed by atoms with van der Waals surface area (Å²) in [5, 5.41) is 11.9. The van der Waals surface area contributed by atoms with Gasteiger partial charge in [-0.3, -0.25) is 14.4 Å². The standard InChI is InChI=1S/C20H19NO4/c1-13-6-8-14(9-7-13)17(22)15-4-2-3-5-16(15)18(23)21-12-20(10-11-20)19(24)25/h2-9H,10-12H2,1H3,(H,21,23)(H,24,25). The highest BCUT2D eigenvalue weighted by molar-refractivity contribution is 6.15. The molecule has 0 spiro atoms. The van der Waals surface area contributed by atoms with Crippen LogP contribution in [0.15, 0.2) is 48.5 Å². The van der Waals surface area contributed by atoms with Crippen LogP contribution in [-0.2, 0) is 4.79 Å². The number of aryl methyl sites for hydroxylation is 1. The number of hydrogen-bond donors (Lipinski definition) is 2. The zero-order valence-electron chi connectivity index (χ0n) is 13.9. The van der Waals surface area contributed by atoms with E-state index >= 15 is 0 Å². The van der Waals surface area contributed by atoms with Gasteiger partial charge in [0.1, 0.15) is 0 Å². The second-order valence-electron chi connectivity index (χ2n) is 6.51. The van der Waals surface area contributed by atoms with E-state index in [4.69, 9.17) is 0 Å². The SMILES string of the molecule is Cc1ccc(C(=O)c2ccccc2C(=O)NCC2(C(=O)O)CC2)cc1. The van der Waals surface area contributed by atoms with Crippen molar-refractivity contribution in [1.29, 1.82) is 0 Å². The minimum absolute atomic E-state index is 0.0776. The highest BCUT2D eigenvalue weighted by atomic mass is 16.4. The van der Waals surface area contributed by atoms with E-state index < -0.39 is 17.3 Å². The highest BCUT2D eigenvalue weighted by Crippen LogP contribution is 2.45. The van der Waals surface area contributed by atoms with Crippen molar-refractivity contribution >= 4 is 17.7 Å². The molecule has 1 amide bonds. The average Bonchev–Trinajstić information content (AvgIpc) is 3.41.